The molecule has 82 valence electrons. The Hall–Kier alpha value is -1.67. The summed E-state index contributed by atoms with van der Waals surface area (Å²) in [5, 5.41) is 10.1. The molecule has 0 amide bonds. The molecule has 0 fully saturated rings. The van der Waals surface area contributed by atoms with Gasteiger partial charge in [0.25, 0.3) is 0 Å². The molecule has 0 radical (unpaired) electrons. The van der Waals surface area contributed by atoms with Crippen LogP contribution in [0.25, 0.3) is 0 Å². The van der Waals surface area contributed by atoms with Gasteiger partial charge in [0, 0.05) is 11.1 Å². The number of aryl methyl sites for hydroxylation is 1. The molecule has 0 aliphatic rings. The minimum absolute atomic E-state index is 0.0361. The van der Waals surface area contributed by atoms with Gasteiger partial charge in [-0.25, -0.2) is 0 Å². The van der Waals surface area contributed by atoms with E-state index in [1.54, 1.807) is 12.1 Å². The van der Waals surface area contributed by atoms with Gasteiger partial charge in [0.15, 0.2) is 11.5 Å². The summed E-state index contributed by atoms with van der Waals surface area (Å²) in [4.78, 5) is 0. The fourth-order valence-corrected chi connectivity index (χ4v) is 1.55. The van der Waals surface area contributed by atoms with Gasteiger partial charge in [0.2, 0.25) is 0 Å². The van der Waals surface area contributed by atoms with E-state index in [1.165, 1.54) is 6.07 Å². The van der Waals surface area contributed by atoms with Gasteiger partial charge in [-0.15, -0.1) is 0 Å². The molecule has 0 atom stereocenters. The van der Waals surface area contributed by atoms with Crippen molar-refractivity contribution < 1.29 is 9.84 Å². The third-order valence-corrected chi connectivity index (χ3v) is 2.37. The van der Waals surface area contributed by atoms with Gasteiger partial charge in [0.1, 0.15) is 5.75 Å². The topological polar surface area (TPSA) is 29.5 Å². The van der Waals surface area contributed by atoms with E-state index < -0.39 is 0 Å². The zero-order chi connectivity index (χ0) is 11.5. The summed E-state index contributed by atoms with van der Waals surface area (Å²) in [6.07, 6.45) is 0. The monoisotopic (exact) mass is 234 g/mol. The number of ether oxygens (including phenoxy) is 1. The predicted molar refractivity (Wildman–Crippen MR) is 64.4 cm³/mol. The quantitative estimate of drug-likeness (QED) is 0.846. The van der Waals surface area contributed by atoms with Crippen LogP contribution in [0.2, 0.25) is 5.02 Å². The summed E-state index contributed by atoms with van der Waals surface area (Å²) in [5.41, 5.74) is 1.10. The highest BCUT2D eigenvalue weighted by Crippen LogP contribution is 2.32. The van der Waals surface area contributed by atoms with Crippen molar-refractivity contribution in [2.75, 3.05) is 0 Å². The maximum atomic E-state index is 9.61. The summed E-state index contributed by atoms with van der Waals surface area (Å²) >= 11 is 5.73. The fraction of sp³-hybridized carbons (Fsp3) is 0.0769. The van der Waals surface area contributed by atoms with E-state index in [1.807, 2.05) is 31.2 Å². The molecule has 2 rings (SSSR count). The number of hydrogen-bond acceptors (Lipinski definition) is 2. The number of phenols is 1. The van der Waals surface area contributed by atoms with Crippen molar-refractivity contribution in [3.63, 3.8) is 0 Å². The zero-order valence-electron chi connectivity index (χ0n) is 8.77. The fourth-order valence-electron chi connectivity index (χ4n) is 1.38. The molecule has 2 aromatic carbocycles. The molecule has 0 aliphatic carbocycles. The lowest BCUT2D eigenvalue weighted by Gasteiger charge is -2.08. The Balaban J connectivity index is 2.27. The minimum Gasteiger partial charge on any atom is -0.504 e. The van der Waals surface area contributed by atoms with Crippen LogP contribution >= 0.6 is 11.6 Å². The Morgan fingerprint density at radius 2 is 1.94 bits per heavy atom. The van der Waals surface area contributed by atoms with E-state index in [4.69, 9.17) is 16.3 Å². The van der Waals surface area contributed by atoms with Crippen LogP contribution in [-0.4, -0.2) is 5.11 Å². The van der Waals surface area contributed by atoms with Crippen LogP contribution in [0.4, 0.5) is 0 Å². The predicted octanol–water partition coefficient (Wildman–Crippen LogP) is 4.15. The van der Waals surface area contributed by atoms with Crippen molar-refractivity contribution in [3.8, 4) is 17.2 Å². The van der Waals surface area contributed by atoms with Gasteiger partial charge in [-0.05, 0) is 36.8 Å². The van der Waals surface area contributed by atoms with Crippen LogP contribution in [0.5, 0.6) is 17.2 Å². The Labute approximate surface area is 99.1 Å². The molecule has 3 heteroatoms. The minimum atomic E-state index is 0.0361. The third-order valence-electron chi connectivity index (χ3n) is 2.14. The maximum absolute atomic E-state index is 9.61. The Morgan fingerprint density at radius 1 is 1.12 bits per heavy atom. The summed E-state index contributed by atoms with van der Waals surface area (Å²) in [6.45, 7) is 1.98. The van der Waals surface area contributed by atoms with E-state index >= 15 is 0 Å². The molecule has 1 N–H and O–H groups in total. The number of rotatable bonds is 2. The first kappa shape index (κ1) is 10.8. The van der Waals surface area contributed by atoms with Crippen LogP contribution in [0, 0.1) is 6.92 Å². The van der Waals surface area contributed by atoms with E-state index in [0.29, 0.717) is 16.5 Å². The highest BCUT2D eigenvalue weighted by Gasteiger charge is 2.04. The molecule has 0 aromatic heterocycles. The lowest BCUT2D eigenvalue weighted by molar-refractivity contribution is 0.411. The van der Waals surface area contributed by atoms with Crippen LogP contribution in [0.15, 0.2) is 42.5 Å². The molecule has 2 aromatic rings. The Bertz CT molecular complexity index is 509. The first-order valence-electron chi connectivity index (χ1n) is 4.88. The van der Waals surface area contributed by atoms with Crippen LogP contribution in [0.1, 0.15) is 5.56 Å². The van der Waals surface area contributed by atoms with Crippen molar-refractivity contribution in [2.45, 2.75) is 6.92 Å². The second kappa shape index (κ2) is 4.45. The number of aromatic hydroxyl groups is 1. The molecule has 0 heterocycles. The SMILES string of the molecule is Cc1cccc(Oc2ccc(Cl)cc2O)c1. The first-order valence-corrected chi connectivity index (χ1v) is 5.26. The maximum Gasteiger partial charge on any atom is 0.169 e. The summed E-state index contributed by atoms with van der Waals surface area (Å²) in [7, 11) is 0. The van der Waals surface area contributed by atoms with Gasteiger partial charge in [-0.1, -0.05) is 23.7 Å². The van der Waals surface area contributed by atoms with Gasteiger partial charge in [-0.2, -0.15) is 0 Å². The summed E-state index contributed by atoms with van der Waals surface area (Å²) < 4.78 is 5.54. The number of benzene rings is 2. The molecule has 0 aliphatic heterocycles. The largest absolute Gasteiger partial charge is 0.504 e. The van der Waals surface area contributed by atoms with Crippen molar-refractivity contribution in [2.24, 2.45) is 0 Å². The van der Waals surface area contributed by atoms with Crippen molar-refractivity contribution in [1.82, 2.24) is 0 Å². The van der Waals surface area contributed by atoms with Crippen molar-refractivity contribution in [1.29, 1.82) is 0 Å². The second-order valence-corrected chi connectivity index (χ2v) is 3.97. The highest BCUT2D eigenvalue weighted by atomic mass is 35.5. The lowest BCUT2D eigenvalue weighted by atomic mass is 10.2. The van der Waals surface area contributed by atoms with Crippen LogP contribution in [-0.2, 0) is 0 Å². The average Bonchev–Trinajstić information content (AvgIpc) is 2.22. The van der Waals surface area contributed by atoms with Crippen LogP contribution < -0.4 is 4.74 Å². The smallest absolute Gasteiger partial charge is 0.169 e. The van der Waals surface area contributed by atoms with Gasteiger partial charge in [0.05, 0.1) is 0 Å². The van der Waals surface area contributed by atoms with E-state index in [-0.39, 0.29) is 5.75 Å². The van der Waals surface area contributed by atoms with Gasteiger partial charge < -0.3 is 9.84 Å². The third kappa shape index (κ3) is 2.47. The molecule has 2 nitrogen and oxygen atoms in total. The molecular weight excluding hydrogens is 224 g/mol. The van der Waals surface area contributed by atoms with Crippen molar-refractivity contribution in [3.05, 3.63) is 53.1 Å². The molecular formula is C13H11ClO2. The Kier molecular flexibility index (Phi) is 3.02. The first-order chi connectivity index (χ1) is 7.65. The molecule has 16 heavy (non-hydrogen) atoms. The van der Waals surface area contributed by atoms with Crippen LogP contribution in [0.3, 0.4) is 0 Å². The zero-order valence-corrected chi connectivity index (χ0v) is 9.53. The molecule has 0 bridgehead atoms. The summed E-state index contributed by atoms with van der Waals surface area (Å²) in [5.74, 6) is 1.13. The normalized spacial score (nSPS) is 10.1. The number of phenolic OH excluding ortho intramolecular Hbond substituents is 1. The van der Waals surface area contributed by atoms with E-state index in [9.17, 15) is 5.11 Å². The second-order valence-electron chi connectivity index (χ2n) is 3.53. The van der Waals surface area contributed by atoms with E-state index in [0.717, 1.165) is 5.56 Å². The molecule has 0 spiro atoms. The molecule has 0 saturated heterocycles. The van der Waals surface area contributed by atoms with Gasteiger partial charge >= 0.3 is 0 Å². The molecule has 0 saturated carbocycles. The Morgan fingerprint density at radius 3 is 2.62 bits per heavy atom. The average molecular weight is 235 g/mol. The summed E-state index contributed by atoms with van der Waals surface area (Å²) in [6, 6.07) is 12.4. The standard InChI is InChI=1S/C13H11ClO2/c1-9-3-2-4-11(7-9)16-13-6-5-10(14)8-12(13)15/h2-8,15H,1H3. The highest BCUT2D eigenvalue weighted by molar-refractivity contribution is 6.30. The molecule has 0 unspecified atom stereocenters. The van der Waals surface area contributed by atoms with Gasteiger partial charge in [-0.3, -0.25) is 0 Å². The van der Waals surface area contributed by atoms with E-state index in [2.05, 4.69) is 0 Å². The van der Waals surface area contributed by atoms with Crippen molar-refractivity contribution >= 4 is 11.6 Å². The number of hydrogen-bond donors (Lipinski definition) is 1. The lowest BCUT2D eigenvalue weighted by Crippen LogP contribution is -1.85. The number of halogens is 1.